The highest BCUT2D eigenvalue weighted by molar-refractivity contribution is 5.49. The first kappa shape index (κ1) is 12.4. The molecule has 0 saturated heterocycles. The van der Waals surface area contributed by atoms with Crippen molar-refractivity contribution in [2.24, 2.45) is 7.05 Å². The normalized spacial score (nSPS) is 10.3. The molecular formula is C13H18N4O. The summed E-state index contributed by atoms with van der Waals surface area (Å²) in [7, 11) is 1.97. The van der Waals surface area contributed by atoms with Crippen LogP contribution in [0.1, 0.15) is 19.2 Å². The molecule has 96 valence electrons. The van der Waals surface area contributed by atoms with Crippen LogP contribution in [0.3, 0.4) is 0 Å². The number of aromatic nitrogens is 3. The molecule has 5 nitrogen and oxygen atoms in total. The van der Waals surface area contributed by atoms with E-state index in [1.54, 1.807) is 12.4 Å². The van der Waals surface area contributed by atoms with Gasteiger partial charge in [-0.3, -0.25) is 0 Å². The van der Waals surface area contributed by atoms with E-state index in [-0.39, 0.29) is 0 Å². The minimum Gasteiger partial charge on any atom is -0.490 e. The van der Waals surface area contributed by atoms with Crippen molar-refractivity contribution in [2.45, 2.75) is 19.9 Å². The van der Waals surface area contributed by atoms with Gasteiger partial charge in [-0.1, -0.05) is 6.92 Å². The molecule has 5 heteroatoms. The molecule has 0 spiro atoms. The Morgan fingerprint density at radius 1 is 1.33 bits per heavy atom. The molecule has 0 bridgehead atoms. The van der Waals surface area contributed by atoms with Gasteiger partial charge in [0, 0.05) is 25.6 Å². The molecule has 2 rings (SSSR count). The van der Waals surface area contributed by atoms with Crippen molar-refractivity contribution in [1.82, 2.24) is 14.5 Å². The molecular weight excluding hydrogens is 228 g/mol. The largest absolute Gasteiger partial charge is 0.490 e. The first-order valence-corrected chi connectivity index (χ1v) is 6.09. The lowest BCUT2D eigenvalue weighted by atomic mass is 10.4. The molecule has 0 unspecified atom stereocenters. The number of pyridine rings is 1. The number of nitrogens with zero attached hydrogens (tertiary/aromatic N) is 3. The molecule has 0 fully saturated rings. The second-order valence-corrected chi connectivity index (χ2v) is 4.01. The van der Waals surface area contributed by atoms with Crippen LogP contribution < -0.4 is 10.1 Å². The number of imidazole rings is 1. The third-order valence-corrected chi connectivity index (χ3v) is 2.57. The quantitative estimate of drug-likeness (QED) is 0.849. The minimum atomic E-state index is 0.628. The van der Waals surface area contributed by atoms with Crippen LogP contribution in [0.25, 0.3) is 0 Å². The smallest absolute Gasteiger partial charge is 0.169 e. The van der Waals surface area contributed by atoms with Crippen LogP contribution in [0.2, 0.25) is 0 Å². The summed E-state index contributed by atoms with van der Waals surface area (Å²) >= 11 is 0. The number of hydrogen-bond donors (Lipinski definition) is 1. The van der Waals surface area contributed by atoms with Gasteiger partial charge in [-0.15, -0.1) is 0 Å². The SMILES string of the molecule is CCCOc1cccnc1NCc1nccn1C. The molecule has 0 aromatic carbocycles. The predicted octanol–water partition coefficient (Wildman–Crippen LogP) is 2.22. The number of nitrogens with one attached hydrogen (secondary N) is 1. The van der Waals surface area contributed by atoms with Gasteiger partial charge in [0.1, 0.15) is 5.82 Å². The van der Waals surface area contributed by atoms with Crippen molar-refractivity contribution in [2.75, 3.05) is 11.9 Å². The van der Waals surface area contributed by atoms with Crippen LogP contribution in [0, 0.1) is 0 Å². The van der Waals surface area contributed by atoms with Crippen LogP contribution in [0.15, 0.2) is 30.7 Å². The summed E-state index contributed by atoms with van der Waals surface area (Å²) in [6.07, 6.45) is 6.43. The zero-order valence-corrected chi connectivity index (χ0v) is 10.8. The van der Waals surface area contributed by atoms with Gasteiger partial charge in [-0.2, -0.15) is 0 Å². The minimum absolute atomic E-state index is 0.628. The van der Waals surface area contributed by atoms with E-state index >= 15 is 0 Å². The van der Waals surface area contributed by atoms with Gasteiger partial charge in [0.2, 0.25) is 0 Å². The van der Waals surface area contributed by atoms with E-state index in [4.69, 9.17) is 4.74 Å². The molecule has 0 radical (unpaired) electrons. The Morgan fingerprint density at radius 3 is 2.94 bits per heavy atom. The lowest BCUT2D eigenvalue weighted by Crippen LogP contribution is -2.08. The molecule has 2 aromatic rings. The molecule has 0 aliphatic carbocycles. The van der Waals surface area contributed by atoms with Gasteiger partial charge >= 0.3 is 0 Å². The monoisotopic (exact) mass is 246 g/mol. The number of anilines is 1. The van der Waals surface area contributed by atoms with Gasteiger partial charge in [0.05, 0.1) is 13.2 Å². The van der Waals surface area contributed by atoms with Crippen molar-refractivity contribution >= 4 is 5.82 Å². The van der Waals surface area contributed by atoms with Crippen LogP contribution >= 0.6 is 0 Å². The highest BCUT2D eigenvalue weighted by Crippen LogP contribution is 2.21. The molecule has 1 N–H and O–H groups in total. The lowest BCUT2D eigenvalue weighted by molar-refractivity contribution is 0.317. The zero-order valence-electron chi connectivity index (χ0n) is 10.8. The Morgan fingerprint density at radius 2 is 2.22 bits per heavy atom. The Labute approximate surface area is 107 Å². The maximum absolute atomic E-state index is 5.63. The van der Waals surface area contributed by atoms with E-state index in [9.17, 15) is 0 Å². The van der Waals surface area contributed by atoms with E-state index in [1.807, 2.05) is 29.9 Å². The fraction of sp³-hybridized carbons (Fsp3) is 0.385. The third-order valence-electron chi connectivity index (χ3n) is 2.57. The summed E-state index contributed by atoms with van der Waals surface area (Å²) in [6, 6.07) is 3.79. The van der Waals surface area contributed by atoms with Crippen molar-refractivity contribution in [3.63, 3.8) is 0 Å². The summed E-state index contributed by atoms with van der Waals surface area (Å²) in [6.45, 7) is 3.41. The van der Waals surface area contributed by atoms with E-state index in [0.29, 0.717) is 13.2 Å². The number of ether oxygens (including phenoxy) is 1. The highest BCUT2D eigenvalue weighted by atomic mass is 16.5. The van der Waals surface area contributed by atoms with Gasteiger partial charge in [0.15, 0.2) is 11.6 Å². The van der Waals surface area contributed by atoms with E-state index < -0.39 is 0 Å². The third kappa shape index (κ3) is 3.00. The van der Waals surface area contributed by atoms with Crippen LogP contribution in [0.4, 0.5) is 5.82 Å². The van der Waals surface area contributed by atoms with Crippen LogP contribution in [-0.4, -0.2) is 21.1 Å². The van der Waals surface area contributed by atoms with Crippen molar-refractivity contribution in [1.29, 1.82) is 0 Å². The second-order valence-electron chi connectivity index (χ2n) is 4.01. The molecule has 0 aliphatic rings. The first-order valence-electron chi connectivity index (χ1n) is 6.09. The van der Waals surface area contributed by atoms with Crippen LogP contribution in [0.5, 0.6) is 5.75 Å². The molecule has 0 aliphatic heterocycles. The van der Waals surface area contributed by atoms with Gasteiger partial charge in [0.25, 0.3) is 0 Å². The van der Waals surface area contributed by atoms with E-state index in [2.05, 4.69) is 22.2 Å². The number of rotatable bonds is 6. The standard InChI is InChI=1S/C13H18N4O/c1-3-9-18-11-5-4-6-15-13(11)16-10-12-14-7-8-17(12)2/h4-8H,3,9-10H2,1-2H3,(H,15,16). The summed E-state index contributed by atoms with van der Waals surface area (Å²) in [5.74, 6) is 2.50. The maximum atomic E-state index is 5.63. The molecule has 0 saturated carbocycles. The molecule has 0 amide bonds. The molecule has 2 aromatic heterocycles. The van der Waals surface area contributed by atoms with Crippen molar-refractivity contribution < 1.29 is 4.74 Å². The fourth-order valence-electron chi connectivity index (χ4n) is 1.58. The van der Waals surface area contributed by atoms with Crippen molar-refractivity contribution in [3.05, 3.63) is 36.5 Å². The van der Waals surface area contributed by atoms with Crippen molar-refractivity contribution in [3.8, 4) is 5.75 Å². The lowest BCUT2D eigenvalue weighted by Gasteiger charge is -2.11. The fourth-order valence-corrected chi connectivity index (χ4v) is 1.58. The average molecular weight is 246 g/mol. The Balaban J connectivity index is 2.02. The second kappa shape index (κ2) is 6.05. The molecule has 18 heavy (non-hydrogen) atoms. The average Bonchev–Trinajstić information content (AvgIpc) is 2.80. The number of hydrogen-bond acceptors (Lipinski definition) is 4. The maximum Gasteiger partial charge on any atom is 0.169 e. The zero-order chi connectivity index (χ0) is 12.8. The number of aryl methyl sites for hydroxylation is 1. The first-order chi connectivity index (χ1) is 8.81. The Kier molecular flexibility index (Phi) is 4.17. The van der Waals surface area contributed by atoms with E-state index in [0.717, 1.165) is 23.8 Å². The predicted molar refractivity (Wildman–Crippen MR) is 70.6 cm³/mol. The van der Waals surface area contributed by atoms with Gasteiger partial charge in [-0.25, -0.2) is 9.97 Å². The topological polar surface area (TPSA) is 52.0 Å². The summed E-state index contributed by atoms with van der Waals surface area (Å²) < 4.78 is 7.61. The van der Waals surface area contributed by atoms with Crippen LogP contribution in [-0.2, 0) is 13.6 Å². The summed E-state index contributed by atoms with van der Waals surface area (Å²) in [4.78, 5) is 8.54. The molecule has 0 atom stereocenters. The Hall–Kier alpha value is -2.04. The summed E-state index contributed by atoms with van der Waals surface area (Å²) in [5, 5.41) is 3.25. The van der Waals surface area contributed by atoms with Gasteiger partial charge < -0.3 is 14.6 Å². The highest BCUT2D eigenvalue weighted by Gasteiger charge is 2.05. The summed E-state index contributed by atoms with van der Waals surface area (Å²) in [5.41, 5.74) is 0. The molecule has 2 heterocycles. The van der Waals surface area contributed by atoms with E-state index in [1.165, 1.54) is 0 Å². The Bertz CT molecular complexity index is 495. The van der Waals surface area contributed by atoms with Gasteiger partial charge in [-0.05, 0) is 18.6 Å².